The maximum Gasteiger partial charge on any atom is 0.276 e. The molecule has 0 radical (unpaired) electrons. The van der Waals surface area contributed by atoms with E-state index < -0.39 is 0 Å². The number of rotatable bonds is 2. The molecule has 0 bridgehead atoms. The molecule has 1 saturated heterocycles. The highest BCUT2D eigenvalue weighted by molar-refractivity contribution is 8.14. The van der Waals surface area contributed by atoms with Crippen LogP contribution in [0.4, 0.5) is 0 Å². The average Bonchev–Trinajstić information content (AvgIpc) is 3.35. The largest absolute Gasteiger partial charge is 0.461 e. The van der Waals surface area contributed by atoms with Gasteiger partial charge in [-0.1, -0.05) is 18.7 Å². The highest BCUT2D eigenvalue weighted by atomic mass is 32.2. The molecule has 7 nitrogen and oxygen atoms in total. The van der Waals surface area contributed by atoms with E-state index in [0.29, 0.717) is 35.6 Å². The van der Waals surface area contributed by atoms with Crippen LogP contribution in [0.5, 0.6) is 0 Å². The lowest BCUT2D eigenvalue weighted by atomic mass is 10.2. The topological polar surface area (TPSA) is 75.1 Å². The van der Waals surface area contributed by atoms with Crippen molar-refractivity contribution in [3.8, 4) is 11.5 Å². The molecule has 1 atom stereocenters. The summed E-state index contributed by atoms with van der Waals surface area (Å²) in [6.45, 7) is 5.94. The second-order valence-corrected chi connectivity index (χ2v) is 7.24. The first-order valence-electron chi connectivity index (χ1n) is 7.95. The first kappa shape index (κ1) is 15.3. The zero-order chi connectivity index (χ0) is 16.5. The van der Waals surface area contributed by atoms with Crippen molar-refractivity contribution in [2.24, 2.45) is 4.99 Å². The molecule has 126 valence electrons. The summed E-state index contributed by atoms with van der Waals surface area (Å²) >= 11 is 1.81. The molecule has 0 saturated carbocycles. The predicted octanol–water partition coefficient (Wildman–Crippen LogP) is 2.18. The summed E-state index contributed by atoms with van der Waals surface area (Å²) in [5.41, 5.74) is 0.305. The van der Waals surface area contributed by atoms with Crippen LogP contribution in [0.25, 0.3) is 11.5 Å². The maximum atomic E-state index is 12.8. The molecule has 0 aromatic carbocycles. The van der Waals surface area contributed by atoms with Gasteiger partial charge in [0, 0.05) is 31.4 Å². The molecular weight excluding hydrogens is 328 g/mol. The fraction of sp³-hybridized carbons (Fsp3) is 0.438. The SMILES string of the molecule is CC1CN=C(N2CCN(C(=O)c3ncoc3-c3ccco3)CC2)S1. The van der Waals surface area contributed by atoms with Gasteiger partial charge in [0.1, 0.15) is 0 Å². The van der Waals surface area contributed by atoms with E-state index in [4.69, 9.17) is 8.83 Å². The standard InChI is InChI=1S/C16H18N4O3S/c1-11-9-17-16(24-11)20-6-4-19(5-7-20)15(21)13-14(23-10-18-13)12-3-2-8-22-12/h2-3,8,10-11H,4-7,9H2,1H3. The van der Waals surface area contributed by atoms with Crippen LogP contribution in [0.15, 0.2) is 38.6 Å². The number of amides is 1. The van der Waals surface area contributed by atoms with Crippen LogP contribution in [0.2, 0.25) is 0 Å². The summed E-state index contributed by atoms with van der Waals surface area (Å²) in [5, 5.41) is 1.65. The zero-order valence-corrected chi connectivity index (χ0v) is 14.2. The van der Waals surface area contributed by atoms with E-state index in [9.17, 15) is 4.79 Å². The van der Waals surface area contributed by atoms with Crippen LogP contribution >= 0.6 is 11.8 Å². The molecule has 24 heavy (non-hydrogen) atoms. The minimum absolute atomic E-state index is 0.121. The Labute approximate surface area is 143 Å². The van der Waals surface area contributed by atoms with Gasteiger partial charge in [-0.25, -0.2) is 4.98 Å². The van der Waals surface area contributed by atoms with Gasteiger partial charge in [0.15, 0.2) is 23.0 Å². The monoisotopic (exact) mass is 346 g/mol. The molecule has 0 N–H and O–H groups in total. The molecule has 4 heterocycles. The Hall–Kier alpha value is -2.22. The molecule has 0 spiro atoms. The number of hydrogen-bond acceptors (Lipinski definition) is 7. The van der Waals surface area contributed by atoms with Crippen LogP contribution in [-0.2, 0) is 0 Å². The Kier molecular flexibility index (Phi) is 4.05. The van der Waals surface area contributed by atoms with E-state index in [1.165, 1.54) is 6.39 Å². The summed E-state index contributed by atoms with van der Waals surface area (Å²) in [6.07, 6.45) is 2.83. The quantitative estimate of drug-likeness (QED) is 0.830. The molecule has 8 heteroatoms. The van der Waals surface area contributed by atoms with Crippen molar-refractivity contribution in [3.63, 3.8) is 0 Å². The maximum absolute atomic E-state index is 12.8. The van der Waals surface area contributed by atoms with Crippen LogP contribution in [0.1, 0.15) is 17.4 Å². The number of aromatic nitrogens is 1. The minimum Gasteiger partial charge on any atom is -0.461 e. The van der Waals surface area contributed by atoms with Crippen molar-refractivity contribution in [1.82, 2.24) is 14.8 Å². The lowest BCUT2D eigenvalue weighted by Crippen LogP contribution is -2.50. The van der Waals surface area contributed by atoms with Crippen molar-refractivity contribution < 1.29 is 13.6 Å². The lowest BCUT2D eigenvalue weighted by Gasteiger charge is -2.35. The van der Waals surface area contributed by atoms with Crippen molar-refractivity contribution in [2.75, 3.05) is 32.7 Å². The molecule has 2 aliphatic rings. The summed E-state index contributed by atoms with van der Waals surface area (Å²) < 4.78 is 10.7. The molecule has 1 unspecified atom stereocenters. The van der Waals surface area contributed by atoms with Gasteiger partial charge in [0.05, 0.1) is 12.8 Å². The van der Waals surface area contributed by atoms with E-state index in [-0.39, 0.29) is 5.91 Å². The Morgan fingerprint density at radius 3 is 2.79 bits per heavy atom. The van der Waals surface area contributed by atoms with Crippen LogP contribution in [-0.4, -0.2) is 63.8 Å². The Morgan fingerprint density at radius 2 is 2.12 bits per heavy atom. The molecule has 1 fully saturated rings. The number of nitrogens with zero attached hydrogens (tertiary/aromatic N) is 4. The predicted molar refractivity (Wildman–Crippen MR) is 91.0 cm³/mol. The summed E-state index contributed by atoms with van der Waals surface area (Å²) in [7, 11) is 0. The number of furan rings is 1. The third kappa shape index (κ3) is 2.82. The van der Waals surface area contributed by atoms with E-state index >= 15 is 0 Å². The summed E-state index contributed by atoms with van der Waals surface area (Å²) in [4.78, 5) is 25.5. The lowest BCUT2D eigenvalue weighted by molar-refractivity contribution is 0.0688. The van der Waals surface area contributed by atoms with Gasteiger partial charge in [-0.2, -0.15) is 0 Å². The smallest absolute Gasteiger partial charge is 0.276 e. The van der Waals surface area contributed by atoms with Crippen LogP contribution < -0.4 is 0 Å². The van der Waals surface area contributed by atoms with Gasteiger partial charge >= 0.3 is 0 Å². The van der Waals surface area contributed by atoms with E-state index in [0.717, 1.165) is 24.8 Å². The van der Waals surface area contributed by atoms with Gasteiger partial charge in [0.25, 0.3) is 5.91 Å². The van der Waals surface area contributed by atoms with E-state index in [1.54, 1.807) is 18.4 Å². The summed E-state index contributed by atoms with van der Waals surface area (Å²) in [6, 6.07) is 3.51. The number of amidine groups is 1. The van der Waals surface area contributed by atoms with Crippen molar-refractivity contribution >= 4 is 22.8 Å². The van der Waals surface area contributed by atoms with Gasteiger partial charge in [-0.15, -0.1) is 0 Å². The van der Waals surface area contributed by atoms with Crippen LogP contribution in [0, 0.1) is 0 Å². The molecule has 4 rings (SSSR count). The van der Waals surface area contributed by atoms with Gasteiger partial charge < -0.3 is 18.6 Å². The number of oxazole rings is 1. The van der Waals surface area contributed by atoms with Crippen molar-refractivity contribution in [2.45, 2.75) is 12.2 Å². The third-order valence-electron chi connectivity index (χ3n) is 4.14. The van der Waals surface area contributed by atoms with Crippen LogP contribution in [0.3, 0.4) is 0 Å². The molecule has 2 aromatic rings. The van der Waals surface area contributed by atoms with Gasteiger partial charge in [-0.05, 0) is 12.1 Å². The Morgan fingerprint density at radius 1 is 1.29 bits per heavy atom. The van der Waals surface area contributed by atoms with Crippen molar-refractivity contribution in [3.05, 3.63) is 30.5 Å². The molecule has 2 aliphatic heterocycles. The molecule has 1 amide bonds. The first-order valence-corrected chi connectivity index (χ1v) is 8.83. The number of hydrogen-bond donors (Lipinski definition) is 0. The van der Waals surface area contributed by atoms with E-state index in [1.807, 2.05) is 16.7 Å². The fourth-order valence-electron chi connectivity index (χ4n) is 2.87. The number of piperazine rings is 1. The number of carbonyl (C=O) groups excluding carboxylic acids is 1. The Balaban J connectivity index is 1.43. The fourth-order valence-corrected chi connectivity index (χ4v) is 3.86. The molecule has 2 aromatic heterocycles. The molecular formula is C16H18N4O3S. The first-order chi connectivity index (χ1) is 11.7. The average molecular weight is 346 g/mol. The number of carbonyl (C=O) groups is 1. The number of aliphatic imine (C=N–C) groups is 1. The second kappa shape index (κ2) is 6.35. The Bertz CT molecular complexity index is 747. The van der Waals surface area contributed by atoms with Gasteiger partial charge in [0.2, 0.25) is 5.76 Å². The minimum atomic E-state index is -0.121. The molecule has 0 aliphatic carbocycles. The zero-order valence-electron chi connectivity index (χ0n) is 13.3. The summed E-state index contributed by atoms with van der Waals surface area (Å²) in [5.74, 6) is 0.779. The van der Waals surface area contributed by atoms with Crippen molar-refractivity contribution in [1.29, 1.82) is 0 Å². The third-order valence-corrected chi connectivity index (χ3v) is 5.29. The second-order valence-electron chi connectivity index (χ2n) is 5.84. The highest BCUT2D eigenvalue weighted by Crippen LogP contribution is 2.26. The van der Waals surface area contributed by atoms with E-state index in [2.05, 4.69) is 21.8 Å². The van der Waals surface area contributed by atoms with Gasteiger partial charge in [-0.3, -0.25) is 9.79 Å². The number of thioether (sulfide) groups is 1. The highest BCUT2D eigenvalue weighted by Gasteiger charge is 2.30. The normalized spacial score (nSPS) is 21.2.